The van der Waals surface area contributed by atoms with E-state index in [1.807, 2.05) is 18.2 Å². The lowest BCUT2D eigenvalue weighted by Gasteiger charge is -2.31. The van der Waals surface area contributed by atoms with E-state index in [1.165, 1.54) is 0 Å². The van der Waals surface area contributed by atoms with Gasteiger partial charge in [0.2, 0.25) is 10.0 Å². The number of hydrogen-bond donors (Lipinski definition) is 1. The highest BCUT2D eigenvalue weighted by atomic mass is 32.2. The average molecular weight is 308 g/mol. The number of sulfonamides is 1. The van der Waals surface area contributed by atoms with Crippen molar-refractivity contribution < 1.29 is 13.2 Å². The van der Waals surface area contributed by atoms with Gasteiger partial charge in [-0.05, 0) is 24.5 Å². The van der Waals surface area contributed by atoms with Crippen LogP contribution in [0.5, 0.6) is 0 Å². The molecule has 1 aromatic carbocycles. The van der Waals surface area contributed by atoms with E-state index in [9.17, 15) is 8.42 Å². The van der Waals surface area contributed by atoms with Gasteiger partial charge >= 0.3 is 0 Å². The number of rotatable bonds is 5. The summed E-state index contributed by atoms with van der Waals surface area (Å²) in [5.41, 5.74) is 1.48. The first-order chi connectivity index (χ1) is 10.1. The summed E-state index contributed by atoms with van der Waals surface area (Å²) in [7, 11) is -3.34. The van der Waals surface area contributed by atoms with Crippen molar-refractivity contribution >= 4 is 10.0 Å². The Hall–Kier alpha value is -1.42. The van der Waals surface area contributed by atoms with Gasteiger partial charge in [0, 0.05) is 19.1 Å². The summed E-state index contributed by atoms with van der Waals surface area (Å²) in [6.07, 6.45) is 1.04. The molecule has 1 aliphatic heterocycles. The van der Waals surface area contributed by atoms with Crippen molar-refractivity contribution in [1.82, 2.24) is 4.72 Å². The Morgan fingerprint density at radius 2 is 2.19 bits per heavy atom. The van der Waals surface area contributed by atoms with Crippen LogP contribution in [0, 0.1) is 17.2 Å². The minimum absolute atomic E-state index is 0.128. The third-order valence-corrected chi connectivity index (χ3v) is 5.88. The highest BCUT2D eigenvalue weighted by Gasteiger charge is 2.35. The standard InChI is InChI=1S/C15H20N2O3S/c1-2-17-21(18,19)15-7-8-20-11-14(15)9-12-5-3-4-6-13(12)10-16/h3-6,14-15,17H,2,7-9,11H2,1H3/t14-,15+/m1/s1. The number of hydrogen-bond acceptors (Lipinski definition) is 4. The zero-order valence-corrected chi connectivity index (χ0v) is 12.9. The molecule has 6 heteroatoms. The predicted molar refractivity (Wildman–Crippen MR) is 80.2 cm³/mol. The van der Waals surface area contributed by atoms with E-state index in [1.54, 1.807) is 13.0 Å². The molecule has 1 aromatic rings. The van der Waals surface area contributed by atoms with E-state index in [2.05, 4.69) is 10.8 Å². The Morgan fingerprint density at radius 1 is 1.43 bits per heavy atom. The molecule has 21 heavy (non-hydrogen) atoms. The first-order valence-corrected chi connectivity index (χ1v) is 8.67. The van der Waals surface area contributed by atoms with Crippen LogP contribution in [0.4, 0.5) is 0 Å². The van der Waals surface area contributed by atoms with Crippen LogP contribution in [0.1, 0.15) is 24.5 Å². The molecule has 0 amide bonds. The third kappa shape index (κ3) is 3.82. The SMILES string of the molecule is CCNS(=O)(=O)[C@H]1CCOC[C@H]1Cc1ccccc1C#N. The lowest BCUT2D eigenvalue weighted by molar-refractivity contribution is 0.0570. The number of nitrogens with zero attached hydrogens (tertiary/aromatic N) is 1. The maximum Gasteiger partial charge on any atom is 0.214 e. The smallest absolute Gasteiger partial charge is 0.214 e. The summed E-state index contributed by atoms with van der Waals surface area (Å²) in [5.74, 6) is -0.128. The summed E-state index contributed by atoms with van der Waals surface area (Å²) < 4.78 is 32.7. The Kier molecular flexibility index (Phi) is 5.34. The molecule has 2 rings (SSSR count). The van der Waals surface area contributed by atoms with Gasteiger partial charge in [-0.25, -0.2) is 13.1 Å². The minimum atomic E-state index is -3.34. The van der Waals surface area contributed by atoms with Crippen LogP contribution >= 0.6 is 0 Å². The van der Waals surface area contributed by atoms with Crippen molar-refractivity contribution in [3.8, 4) is 6.07 Å². The summed E-state index contributed by atoms with van der Waals surface area (Å²) in [4.78, 5) is 0. The van der Waals surface area contributed by atoms with Crippen molar-refractivity contribution in [2.45, 2.75) is 25.0 Å². The summed E-state index contributed by atoms with van der Waals surface area (Å²) in [6, 6.07) is 9.47. The van der Waals surface area contributed by atoms with Gasteiger partial charge in [-0.15, -0.1) is 0 Å². The van der Waals surface area contributed by atoms with E-state index in [-0.39, 0.29) is 5.92 Å². The minimum Gasteiger partial charge on any atom is -0.381 e. The molecule has 1 aliphatic rings. The molecule has 0 unspecified atom stereocenters. The molecule has 114 valence electrons. The molecule has 0 aromatic heterocycles. The highest BCUT2D eigenvalue weighted by molar-refractivity contribution is 7.90. The maximum atomic E-state index is 12.3. The Balaban J connectivity index is 2.22. The van der Waals surface area contributed by atoms with Crippen LogP contribution in [0.3, 0.4) is 0 Å². The Labute approximate surface area is 126 Å². The molecule has 5 nitrogen and oxygen atoms in total. The Morgan fingerprint density at radius 3 is 2.90 bits per heavy atom. The van der Waals surface area contributed by atoms with Crippen molar-refractivity contribution in [2.75, 3.05) is 19.8 Å². The van der Waals surface area contributed by atoms with E-state index >= 15 is 0 Å². The van der Waals surface area contributed by atoms with Gasteiger partial charge in [-0.3, -0.25) is 0 Å². The second kappa shape index (κ2) is 7.03. The van der Waals surface area contributed by atoms with Crippen LogP contribution in [0.2, 0.25) is 0 Å². The highest BCUT2D eigenvalue weighted by Crippen LogP contribution is 2.26. The maximum absolute atomic E-state index is 12.3. The number of nitrogens with one attached hydrogen (secondary N) is 1. The molecule has 0 aliphatic carbocycles. The van der Waals surface area contributed by atoms with E-state index < -0.39 is 15.3 Å². The quantitative estimate of drug-likeness (QED) is 0.893. The fraction of sp³-hybridized carbons (Fsp3) is 0.533. The van der Waals surface area contributed by atoms with Crippen molar-refractivity contribution in [1.29, 1.82) is 5.26 Å². The second-order valence-electron chi connectivity index (χ2n) is 5.18. The fourth-order valence-electron chi connectivity index (χ4n) is 2.77. The van der Waals surface area contributed by atoms with Crippen LogP contribution in [-0.4, -0.2) is 33.4 Å². The first kappa shape index (κ1) is 16.0. The fourth-order valence-corrected chi connectivity index (χ4v) is 4.48. The van der Waals surface area contributed by atoms with Crippen molar-refractivity contribution in [3.63, 3.8) is 0 Å². The molecule has 1 saturated heterocycles. The molecular weight excluding hydrogens is 288 g/mol. The molecule has 0 spiro atoms. The molecule has 0 radical (unpaired) electrons. The average Bonchev–Trinajstić information content (AvgIpc) is 2.48. The molecule has 1 N–H and O–H groups in total. The molecule has 1 fully saturated rings. The van der Waals surface area contributed by atoms with Gasteiger partial charge in [-0.2, -0.15) is 5.26 Å². The second-order valence-corrected chi connectivity index (χ2v) is 7.16. The largest absolute Gasteiger partial charge is 0.381 e. The molecule has 2 atom stereocenters. The molecule has 0 bridgehead atoms. The topological polar surface area (TPSA) is 79.2 Å². The Bertz CT molecular complexity index is 622. The van der Waals surface area contributed by atoms with Crippen LogP contribution in [-0.2, 0) is 21.2 Å². The summed E-state index contributed by atoms with van der Waals surface area (Å²) in [5, 5.41) is 8.69. The van der Waals surface area contributed by atoms with Crippen LogP contribution < -0.4 is 4.72 Å². The van der Waals surface area contributed by atoms with E-state index in [4.69, 9.17) is 10.00 Å². The van der Waals surface area contributed by atoms with Gasteiger partial charge in [0.1, 0.15) is 0 Å². The normalized spacial score (nSPS) is 22.7. The first-order valence-electron chi connectivity index (χ1n) is 7.12. The van der Waals surface area contributed by atoms with Crippen LogP contribution in [0.25, 0.3) is 0 Å². The van der Waals surface area contributed by atoms with Crippen molar-refractivity contribution in [3.05, 3.63) is 35.4 Å². The van der Waals surface area contributed by atoms with Crippen molar-refractivity contribution in [2.24, 2.45) is 5.92 Å². The van der Waals surface area contributed by atoms with Crippen LogP contribution in [0.15, 0.2) is 24.3 Å². The monoisotopic (exact) mass is 308 g/mol. The molecule has 1 heterocycles. The zero-order chi connectivity index (χ0) is 15.3. The van der Waals surface area contributed by atoms with Gasteiger partial charge in [-0.1, -0.05) is 25.1 Å². The third-order valence-electron chi connectivity index (χ3n) is 3.77. The van der Waals surface area contributed by atoms with E-state index in [0.29, 0.717) is 38.2 Å². The van der Waals surface area contributed by atoms with Gasteiger partial charge in [0.15, 0.2) is 0 Å². The van der Waals surface area contributed by atoms with Gasteiger partial charge in [0.25, 0.3) is 0 Å². The number of ether oxygens (including phenoxy) is 1. The summed E-state index contributed by atoms with van der Waals surface area (Å²) >= 11 is 0. The van der Waals surface area contributed by atoms with E-state index in [0.717, 1.165) is 5.56 Å². The summed E-state index contributed by atoms with van der Waals surface area (Å²) in [6.45, 7) is 3.04. The lowest BCUT2D eigenvalue weighted by Crippen LogP contribution is -2.44. The molecular formula is C15H20N2O3S. The zero-order valence-electron chi connectivity index (χ0n) is 12.1. The van der Waals surface area contributed by atoms with Gasteiger partial charge in [0.05, 0.1) is 23.5 Å². The number of benzene rings is 1. The van der Waals surface area contributed by atoms with Gasteiger partial charge < -0.3 is 4.74 Å². The predicted octanol–water partition coefficient (Wildman–Crippen LogP) is 1.45. The number of nitriles is 1. The molecule has 0 saturated carbocycles. The lowest BCUT2D eigenvalue weighted by atomic mass is 9.91.